The fraction of sp³-hybridized carbons (Fsp3) is 0.333. The van der Waals surface area contributed by atoms with Crippen LogP contribution in [-0.2, 0) is 16.0 Å². The maximum absolute atomic E-state index is 13.9. The van der Waals surface area contributed by atoms with Crippen molar-refractivity contribution in [1.82, 2.24) is 0 Å². The van der Waals surface area contributed by atoms with Crippen molar-refractivity contribution in [2.24, 2.45) is 5.92 Å². The minimum atomic E-state index is -0.484. The summed E-state index contributed by atoms with van der Waals surface area (Å²) in [6, 6.07) is 13.9. The lowest BCUT2D eigenvalue weighted by Crippen LogP contribution is -2.28. The molecule has 0 spiro atoms. The number of nitrogens with one attached hydrogen (secondary N) is 1. The summed E-state index contributed by atoms with van der Waals surface area (Å²) >= 11 is 0. The number of para-hydroxylation sites is 1. The number of rotatable bonds is 6. The highest BCUT2D eigenvalue weighted by molar-refractivity contribution is 6.03. The van der Waals surface area contributed by atoms with Crippen molar-refractivity contribution < 1.29 is 14.0 Å². The first-order valence-electron chi connectivity index (χ1n) is 9.03. The molecule has 136 valence electrons. The molecule has 5 heteroatoms. The number of aryl methyl sites for hydroxylation is 1. The fourth-order valence-electron chi connectivity index (χ4n) is 3.17. The van der Waals surface area contributed by atoms with Crippen LogP contribution in [0.2, 0.25) is 0 Å². The van der Waals surface area contributed by atoms with E-state index in [-0.39, 0.29) is 30.5 Å². The number of carbonyl (C=O) groups excluding carboxylic acids is 2. The lowest BCUT2D eigenvalue weighted by atomic mass is 10.1. The normalized spacial score (nSPS) is 16.8. The molecule has 0 aromatic heterocycles. The molecule has 1 saturated heterocycles. The summed E-state index contributed by atoms with van der Waals surface area (Å²) in [6.45, 7) is 2.35. The second kappa shape index (κ2) is 8.13. The average Bonchev–Trinajstić information content (AvgIpc) is 3.03. The molecule has 1 fully saturated rings. The molecule has 1 aliphatic heterocycles. The van der Waals surface area contributed by atoms with E-state index in [4.69, 9.17) is 0 Å². The lowest BCUT2D eigenvalue weighted by Gasteiger charge is -2.17. The minimum absolute atomic E-state index is 0.0920. The lowest BCUT2D eigenvalue weighted by molar-refractivity contribution is -0.122. The van der Waals surface area contributed by atoms with Crippen LogP contribution in [0.5, 0.6) is 0 Å². The van der Waals surface area contributed by atoms with E-state index in [1.165, 1.54) is 16.5 Å². The Morgan fingerprint density at radius 2 is 1.92 bits per heavy atom. The van der Waals surface area contributed by atoms with Crippen LogP contribution in [0.1, 0.15) is 31.7 Å². The molecule has 1 heterocycles. The molecule has 4 nitrogen and oxygen atoms in total. The van der Waals surface area contributed by atoms with Crippen LogP contribution in [0.3, 0.4) is 0 Å². The van der Waals surface area contributed by atoms with Gasteiger partial charge in [0.05, 0.1) is 11.6 Å². The molecule has 0 radical (unpaired) electrons. The second-order valence-corrected chi connectivity index (χ2v) is 6.65. The zero-order chi connectivity index (χ0) is 18.5. The Hall–Kier alpha value is -2.69. The number of halogens is 1. The Balaban J connectivity index is 1.62. The van der Waals surface area contributed by atoms with Crippen molar-refractivity contribution in [3.05, 3.63) is 59.9 Å². The molecule has 1 aliphatic rings. The summed E-state index contributed by atoms with van der Waals surface area (Å²) in [5, 5.41) is 2.86. The fourth-order valence-corrected chi connectivity index (χ4v) is 3.17. The number of hydrogen-bond donors (Lipinski definition) is 1. The standard InChI is InChI=1S/C21H23FN2O2/c1-2-3-6-15-9-11-17(12-10-15)23-21(26)16-13-20(25)24(14-16)19-8-5-4-7-18(19)22/h4-5,7-12,16H,2-3,6,13-14H2,1H3,(H,23,26)/t16-/m1/s1. The molecule has 26 heavy (non-hydrogen) atoms. The molecular formula is C21H23FN2O2. The van der Waals surface area contributed by atoms with E-state index in [1.807, 2.05) is 24.3 Å². The van der Waals surface area contributed by atoms with E-state index in [1.54, 1.807) is 18.2 Å². The van der Waals surface area contributed by atoms with Crippen molar-refractivity contribution in [2.45, 2.75) is 32.6 Å². The van der Waals surface area contributed by atoms with E-state index < -0.39 is 11.7 Å². The third-order valence-corrected chi connectivity index (χ3v) is 4.68. The van der Waals surface area contributed by atoms with Gasteiger partial charge in [-0.1, -0.05) is 37.6 Å². The molecule has 0 unspecified atom stereocenters. The van der Waals surface area contributed by atoms with Crippen LogP contribution >= 0.6 is 0 Å². The van der Waals surface area contributed by atoms with Crippen molar-refractivity contribution in [2.75, 3.05) is 16.8 Å². The average molecular weight is 354 g/mol. The summed E-state index contributed by atoms with van der Waals surface area (Å²) in [4.78, 5) is 26.1. The van der Waals surface area contributed by atoms with E-state index in [2.05, 4.69) is 12.2 Å². The Kier molecular flexibility index (Phi) is 5.66. The van der Waals surface area contributed by atoms with Crippen molar-refractivity contribution in [1.29, 1.82) is 0 Å². The van der Waals surface area contributed by atoms with Crippen LogP contribution in [0.4, 0.5) is 15.8 Å². The number of hydrogen-bond acceptors (Lipinski definition) is 2. The number of unbranched alkanes of at least 4 members (excludes halogenated alkanes) is 1. The van der Waals surface area contributed by atoms with Gasteiger partial charge in [0.25, 0.3) is 0 Å². The van der Waals surface area contributed by atoms with Crippen molar-refractivity contribution in [3.8, 4) is 0 Å². The maximum Gasteiger partial charge on any atom is 0.229 e. The Labute approximate surface area is 153 Å². The van der Waals surface area contributed by atoms with Gasteiger partial charge in [-0.05, 0) is 42.7 Å². The molecule has 2 aromatic carbocycles. The third kappa shape index (κ3) is 4.10. The van der Waals surface area contributed by atoms with Crippen LogP contribution in [-0.4, -0.2) is 18.4 Å². The topological polar surface area (TPSA) is 49.4 Å². The van der Waals surface area contributed by atoms with Gasteiger partial charge in [0.2, 0.25) is 11.8 Å². The molecule has 0 aliphatic carbocycles. The molecule has 0 bridgehead atoms. The van der Waals surface area contributed by atoms with Crippen molar-refractivity contribution >= 4 is 23.2 Å². The molecule has 1 N–H and O–H groups in total. The summed E-state index contributed by atoms with van der Waals surface area (Å²) < 4.78 is 13.9. The van der Waals surface area contributed by atoms with Gasteiger partial charge in [-0.15, -0.1) is 0 Å². The number of anilines is 2. The zero-order valence-electron chi connectivity index (χ0n) is 14.9. The molecule has 2 aromatic rings. The Bertz CT molecular complexity index is 789. The third-order valence-electron chi connectivity index (χ3n) is 4.68. The van der Waals surface area contributed by atoms with E-state index >= 15 is 0 Å². The maximum atomic E-state index is 13.9. The minimum Gasteiger partial charge on any atom is -0.326 e. The van der Waals surface area contributed by atoms with Gasteiger partial charge in [0.1, 0.15) is 5.82 Å². The smallest absolute Gasteiger partial charge is 0.229 e. The highest BCUT2D eigenvalue weighted by atomic mass is 19.1. The van der Waals surface area contributed by atoms with Crippen LogP contribution in [0.25, 0.3) is 0 Å². The summed E-state index contributed by atoms with van der Waals surface area (Å²) in [5.41, 5.74) is 2.19. The number of benzene rings is 2. The summed E-state index contributed by atoms with van der Waals surface area (Å²) in [5.74, 6) is -1.38. The first-order chi connectivity index (χ1) is 12.6. The van der Waals surface area contributed by atoms with Gasteiger partial charge >= 0.3 is 0 Å². The SMILES string of the molecule is CCCCc1ccc(NC(=O)[C@@H]2CC(=O)N(c3ccccc3F)C2)cc1. The molecule has 0 saturated carbocycles. The highest BCUT2D eigenvalue weighted by Crippen LogP contribution is 2.28. The molecular weight excluding hydrogens is 331 g/mol. The molecule has 3 rings (SSSR count). The predicted molar refractivity (Wildman–Crippen MR) is 101 cm³/mol. The first-order valence-corrected chi connectivity index (χ1v) is 9.03. The number of amides is 2. The van der Waals surface area contributed by atoms with Crippen LogP contribution in [0, 0.1) is 11.7 Å². The Morgan fingerprint density at radius 3 is 2.62 bits per heavy atom. The van der Waals surface area contributed by atoms with Crippen LogP contribution < -0.4 is 10.2 Å². The first kappa shape index (κ1) is 18.1. The van der Waals surface area contributed by atoms with Crippen molar-refractivity contribution in [3.63, 3.8) is 0 Å². The van der Waals surface area contributed by atoms with Gasteiger partial charge < -0.3 is 10.2 Å². The van der Waals surface area contributed by atoms with Gasteiger partial charge in [-0.3, -0.25) is 9.59 Å². The monoisotopic (exact) mass is 354 g/mol. The van der Waals surface area contributed by atoms with E-state index in [0.29, 0.717) is 5.69 Å². The summed E-state index contributed by atoms with van der Waals surface area (Å²) in [7, 11) is 0. The van der Waals surface area contributed by atoms with Gasteiger partial charge in [0.15, 0.2) is 0 Å². The van der Waals surface area contributed by atoms with E-state index in [0.717, 1.165) is 19.3 Å². The largest absolute Gasteiger partial charge is 0.326 e. The second-order valence-electron chi connectivity index (χ2n) is 6.65. The molecule has 2 amide bonds. The quantitative estimate of drug-likeness (QED) is 0.847. The molecule has 1 atom stereocenters. The van der Waals surface area contributed by atoms with E-state index in [9.17, 15) is 14.0 Å². The summed E-state index contributed by atoms with van der Waals surface area (Å²) in [6.07, 6.45) is 3.41. The van der Waals surface area contributed by atoms with Crippen LogP contribution in [0.15, 0.2) is 48.5 Å². The van der Waals surface area contributed by atoms with Gasteiger partial charge in [-0.2, -0.15) is 0 Å². The predicted octanol–water partition coefficient (Wildman–Crippen LogP) is 4.16. The van der Waals surface area contributed by atoms with Gasteiger partial charge in [-0.25, -0.2) is 4.39 Å². The number of carbonyl (C=O) groups is 2. The Morgan fingerprint density at radius 1 is 1.19 bits per heavy atom. The highest BCUT2D eigenvalue weighted by Gasteiger charge is 2.36. The number of nitrogens with zero attached hydrogens (tertiary/aromatic N) is 1. The zero-order valence-corrected chi connectivity index (χ0v) is 14.9. The van der Waals surface area contributed by atoms with Gasteiger partial charge in [0, 0.05) is 18.7 Å².